The maximum absolute atomic E-state index is 12.6. The normalized spacial score (nSPS) is 16.7. The molecule has 0 spiro atoms. The maximum atomic E-state index is 12.6. The van der Waals surface area contributed by atoms with Gasteiger partial charge in [-0.25, -0.2) is 0 Å². The van der Waals surface area contributed by atoms with E-state index in [2.05, 4.69) is 0 Å². The number of methoxy groups -OCH3 is 1. The zero-order valence-electron chi connectivity index (χ0n) is 17.4. The molecular weight excluding hydrogens is 404 g/mol. The summed E-state index contributed by atoms with van der Waals surface area (Å²) in [4.78, 5) is 49.3. The average molecular weight is 426 g/mol. The maximum Gasteiger partial charge on any atom is 0.312 e. The fourth-order valence-electron chi connectivity index (χ4n) is 3.38. The van der Waals surface area contributed by atoms with Crippen LogP contribution in [0.3, 0.4) is 0 Å². The highest BCUT2D eigenvalue weighted by Gasteiger charge is 2.38. The Balaban J connectivity index is 1.69. The van der Waals surface area contributed by atoms with E-state index in [1.807, 2.05) is 6.92 Å². The van der Waals surface area contributed by atoms with E-state index in [-0.39, 0.29) is 36.1 Å². The van der Waals surface area contributed by atoms with Crippen LogP contribution in [0.15, 0.2) is 42.5 Å². The van der Waals surface area contributed by atoms with Crippen molar-refractivity contribution in [1.29, 1.82) is 0 Å². The lowest BCUT2D eigenvalue weighted by Crippen LogP contribution is -2.30. The number of ether oxygens (including phenoxy) is 2. The first-order valence-electron chi connectivity index (χ1n) is 9.65. The molecule has 0 saturated carbocycles. The van der Waals surface area contributed by atoms with E-state index in [0.29, 0.717) is 11.3 Å². The first-order valence-corrected chi connectivity index (χ1v) is 9.65. The third-order valence-corrected chi connectivity index (χ3v) is 5.12. The molecular formula is C22H22N2O7. The number of benzene rings is 2. The van der Waals surface area contributed by atoms with Gasteiger partial charge in [0.25, 0.3) is 5.69 Å². The van der Waals surface area contributed by atoms with Crippen LogP contribution >= 0.6 is 0 Å². The molecule has 9 nitrogen and oxygen atoms in total. The summed E-state index contributed by atoms with van der Waals surface area (Å²) in [5, 5.41) is 11.0. The number of aryl methyl sites for hydroxylation is 1. The smallest absolute Gasteiger partial charge is 0.312 e. The van der Waals surface area contributed by atoms with Crippen molar-refractivity contribution < 1.29 is 28.8 Å². The predicted octanol–water partition coefficient (Wildman–Crippen LogP) is 3.08. The highest BCUT2D eigenvalue weighted by atomic mass is 16.6. The largest absolute Gasteiger partial charge is 0.494 e. The summed E-state index contributed by atoms with van der Waals surface area (Å²) >= 11 is 0. The second kappa shape index (κ2) is 8.95. The van der Waals surface area contributed by atoms with Crippen LogP contribution in [0.4, 0.5) is 11.4 Å². The Kier molecular flexibility index (Phi) is 6.33. The molecule has 3 rings (SSSR count). The van der Waals surface area contributed by atoms with E-state index in [1.54, 1.807) is 24.3 Å². The summed E-state index contributed by atoms with van der Waals surface area (Å²) in [6.45, 7) is 3.42. The lowest BCUT2D eigenvalue weighted by molar-refractivity contribution is -0.384. The van der Waals surface area contributed by atoms with Crippen molar-refractivity contribution in [1.82, 2.24) is 0 Å². The van der Waals surface area contributed by atoms with Crippen LogP contribution in [-0.2, 0) is 14.3 Å². The molecule has 0 bridgehead atoms. The number of non-ortho nitro benzene ring substituents is 1. The van der Waals surface area contributed by atoms with Gasteiger partial charge in [0.1, 0.15) is 5.75 Å². The number of Topliss-reactive ketones (excluding diaryl/α,β-unsaturated/α-hetero) is 1. The number of nitrogens with zero attached hydrogens (tertiary/aromatic N) is 2. The Hall–Kier alpha value is -3.75. The van der Waals surface area contributed by atoms with Crippen LogP contribution in [0, 0.1) is 23.0 Å². The molecule has 0 aromatic heterocycles. The lowest BCUT2D eigenvalue weighted by Gasteiger charge is -2.19. The van der Waals surface area contributed by atoms with Gasteiger partial charge in [0.15, 0.2) is 6.10 Å². The van der Waals surface area contributed by atoms with E-state index in [1.165, 1.54) is 37.1 Å². The Morgan fingerprint density at radius 1 is 1.19 bits per heavy atom. The summed E-state index contributed by atoms with van der Waals surface area (Å²) < 4.78 is 10.5. The van der Waals surface area contributed by atoms with Gasteiger partial charge in [-0.05, 0) is 19.9 Å². The first kappa shape index (κ1) is 21.9. The standard InChI is InChI=1S/C22H22N2O7/c1-13-4-6-15(7-5-13)21(26)14(2)31-22(27)16-10-20(25)23(12-16)18-9-8-17(24(28)29)11-19(18)30-3/h4-9,11,14,16H,10,12H2,1-3H3/t14-,16+/m1/s1. The molecule has 1 saturated heterocycles. The summed E-state index contributed by atoms with van der Waals surface area (Å²) in [6.07, 6.45) is -1.09. The number of carbonyl (C=O) groups excluding carboxylic acids is 3. The minimum Gasteiger partial charge on any atom is -0.494 e. The van der Waals surface area contributed by atoms with Gasteiger partial charge in [0, 0.05) is 24.6 Å². The molecule has 1 amide bonds. The Labute approximate surface area is 178 Å². The fraction of sp³-hybridized carbons (Fsp3) is 0.318. The molecule has 1 fully saturated rings. The third-order valence-electron chi connectivity index (χ3n) is 5.12. The molecule has 1 heterocycles. The van der Waals surface area contributed by atoms with Gasteiger partial charge in [0.05, 0.1) is 29.7 Å². The minimum atomic E-state index is -0.992. The molecule has 2 aromatic rings. The van der Waals surface area contributed by atoms with Crippen molar-refractivity contribution in [3.8, 4) is 5.75 Å². The molecule has 31 heavy (non-hydrogen) atoms. The minimum absolute atomic E-state index is 0.0251. The number of hydrogen-bond acceptors (Lipinski definition) is 7. The summed E-state index contributed by atoms with van der Waals surface area (Å²) in [5.74, 6) is -1.93. The van der Waals surface area contributed by atoms with Gasteiger partial charge < -0.3 is 14.4 Å². The molecule has 2 aromatic carbocycles. The van der Waals surface area contributed by atoms with Gasteiger partial charge in [-0.3, -0.25) is 24.5 Å². The van der Waals surface area contributed by atoms with Gasteiger partial charge in [-0.15, -0.1) is 0 Å². The van der Waals surface area contributed by atoms with Crippen LogP contribution in [0.5, 0.6) is 5.75 Å². The zero-order valence-corrected chi connectivity index (χ0v) is 17.4. The van der Waals surface area contributed by atoms with Crippen molar-refractivity contribution in [2.24, 2.45) is 5.92 Å². The molecule has 1 aliphatic heterocycles. The SMILES string of the molecule is COc1cc([N+](=O)[O-])ccc1N1C[C@@H](C(=O)O[C@H](C)C(=O)c2ccc(C)cc2)CC1=O. The van der Waals surface area contributed by atoms with E-state index in [0.717, 1.165) is 5.56 Å². The molecule has 0 aliphatic carbocycles. The van der Waals surface area contributed by atoms with E-state index < -0.39 is 22.9 Å². The number of amides is 1. The predicted molar refractivity (Wildman–Crippen MR) is 111 cm³/mol. The van der Waals surface area contributed by atoms with Crippen LogP contribution in [-0.4, -0.2) is 42.3 Å². The quantitative estimate of drug-likeness (QED) is 0.289. The second-order valence-electron chi connectivity index (χ2n) is 7.33. The van der Waals surface area contributed by atoms with E-state index >= 15 is 0 Å². The van der Waals surface area contributed by atoms with Crippen LogP contribution < -0.4 is 9.64 Å². The summed E-state index contributed by atoms with van der Waals surface area (Å²) in [7, 11) is 1.34. The van der Waals surface area contributed by atoms with Crippen molar-refractivity contribution in [3.63, 3.8) is 0 Å². The van der Waals surface area contributed by atoms with Crippen LogP contribution in [0.1, 0.15) is 29.3 Å². The molecule has 0 unspecified atom stereocenters. The number of carbonyl (C=O) groups is 3. The second-order valence-corrected chi connectivity index (χ2v) is 7.33. The molecule has 0 N–H and O–H groups in total. The summed E-state index contributed by atoms with van der Waals surface area (Å²) in [5.41, 5.74) is 1.60. The van der Waals surface area contributed by atoms with E-state index in [9.17, 15) is 24.5 Å². The zero-order chi connectivity index (χ0) is 22.7. The monoisotopic (exact) mass is 426 g/mol. The lowest BCUT2D eigenvalue weighted by atomic mass is 10.1. The third kappa shape index (κ3) is 4.71. The van der Waals surface area contributed by atoms with Crippen molar-refractivity contribution in [3.05, 3.63) is 63.7 Å². The first-order chi connectivity index (χ1) is 14.7. The number of nitro groups is 1. The van der Waals surface area contributed by atoms with E-state index in [4.69, 9.17) is 9.47 Å². The molecule has 162 valence electrons. The van der Waals surface area contributed by atoms with Gasteiger partial charge in [-0.2, -0.15) is 0 Å². The Morgan fingerprint density at radius 3 is 2.48 bits per heavy atom. The van der Waals surface area contributed by atoms with Crippen LogP contribution in [0.25, 0.3) is 0 Å². The number of esters is 1. The number of rotatable bonds is 7. The highest BCUT2D eigenvalue weighted by Crippen LogP contribution is 2.36. The molecule has 1 aliphatic rings. The Bertz CT molecular complexity index is 1030. The van der Waals surface area contributed by atoms with Crippen molar-refractivity contribution in [2.45, 2.75) is 26.4 Å². The van der Waals surface area contributed by atoms with Crippen molar-refractivity contribution in [2.75, 3.05) is 18.6 Å². The highest BCUT2D eigenvalue weighted by molar-refractivity contribution is 6.02. The Morgan fingerprint density at radius 2 is 1.87 bits per heavy atom. The molecule has 2 atom stereocenters. The average Bonchev–Trinajstić information content (AvgIpc) is 3.14. The number of anilines is 1. The van der Waals surface area contributed by atoms with Crippen molar-refractivity contribution >= 4 is 29.0 Å². The topological polar surface area (TPSA) is 116 Å². The molecule has 9 heteroatoms. The van der Waals surface area contributed by atoms with Crippen LogP contribution in [0.2, 0.25) is 0 Å². The van der Waals surface area contributed by atoms with Gasteiger partial charge >= 0.3 is 5.97 Å². The summed E-state index contributed by atoms with van der Waals surface area (Å²) in [6, 6.07) is 10.8. The van der Waals surface area contributed by atoms with Gasteiger partial charge in [-0.1, -0.05) is 29.8 Å². The number of nitro benzene ring substituents is 1. The fourth-order valence-corrected chi connectivity index (χ4v) is 3.38. The number of ketones is 1. The number of hydrogen-bond donors (Lipinski definition) is 0. The molecule has 0 radical (unpaired) electrons. The van der Waals surface area contributed by atoms with Gasteiger partial charge in [0.2, 0.25) is 11.7 Å².